The Morgan fingerprint density at radius 1 is 0.562 bits per heavy atom. The molecule has 0 saturated carbocycles. The summed E-state index contributed by atoms with van der Waals surface area (Å²) in [6, 6.07) is 4.38. The molecule has 1 aromatic carbocycles. The van der Waals surface area contributed by atoms with Gasteiger partial charge in [0.1, 0.15) is 0 Å². The first kappa shape index (κ1) is 28.3. The van der Waals surface area contributed by atoms with Crippen LogP contribution in [0.2, 0.25) is 0 Å². The summed E-state index contributed by atoms with van der Waals surface area (Å²) < 4.78 is 172. The molecule has 0 fully saturated rings. The number of alkyl halides is 13. The minimum Gasteiger partial charge on any atom is -0.388 e. The molecule has 0 aliphatic heterocycles. The van der Waals surface area contributed by atoms with Gasteiger partial charge in [0.2, 0.25) is 0 Å². The highest BCUT2D eigenvalue weighted by Gasteiger charge is 2.91. The third-order valence-corrected chi connectivity index (χ3v) is 4.95. The number of benzene rings is 1. The number of rotatable bonds is 8. The van der Waals surface area contributed by atoms with Crippen molar-refractivity contribution in [1.29, 1.82) is 0 Å². The van der Waals surface area contributed by atoms with Gasteiger partial charge in [-0.1, -0.05) is 45.0 Å². The molecule has 2 unspecified atom stereocenters. The normalized spacial score (nSPS) is 16.9. The first-order valence-electron chi connectivity index (χ1n) is 8.72. The first-order valence-corrected chi connectivity index (χ1v) is 8.72. The van der Waals surface area contributed by atoms with Crippen LogP contribution in [0.25, 0.3) is 0 Å². The van der Waals surface area contributed by atoms with Gasteiger partial charge in [-0.3, -0.25) is 0 Å². The van der Waals surface area contributed by atoms with Gasteiger partial charge < -0.3 is 5.11 Å². The largest absolute Gasteiger partial charge is 0.460 e. The van der Waals surface area contributed by atoms with E-state index in [2.05, 4.69) is 0 Å². The van der Waals surface area contributed by atoms with Gasteiger partial charge in [-0.25, -0.2) is 0 Å². The quantitative estimate of drug-likeness (QED) is 0.377. The average Bonchev–Trinajstić information content (AvgIpc) is 2.65. The molecule has 0 bridgehead atoms. The fourth-order valence-corrected chi connectivity index (χ4v) is 2.63. The lowest BCUT2D eigenvalue weighted by Gasteiger charge is -2.42. The Balaban J connectivity index is 3.42. The number of aliphatic hydroxyl groups excluding tert-OH is 1. The number of hydrogen-bond acceptors (Lipinski definition) is 1. The maximum Gasteiger partial charge on any atom is 0.460 e. The van der Waals surface area contributed by atoms with E-state index in [9.17, 15) is 62.2 Å². The molecule has 14 heteroatoms. The fraction of sp³-hybridized carbons (Fsp3) is 0.667. The van der Waals surface area contributed by atoms with E-state index in [1.54, 1.807) is 13.8 Å². The van der Waals surface area contributed by atoms with E-state index in [1.165, 1.54) is 12.1 Å². The van der Waals surface area contributed by atoms with E-state index in [-0.39, 0.29) is 12.8 Å². The lowest BCUT2D eigenvalue weighted by atomic mass is 9.83. The van der Waals surface area contributed by atoms with Crippen LogP contribution in [0.3, 0.4) is 0 Å². The highest BCUT2D eigenvalue weighted by molar-refractivity contribution is 5.27. The maximum absolute atomic E-state index is 14.2. The fourth-order valence-electron chi connectivity index (χ4n) is 2.63. The molecule has 1 nitrogen and oxygen atoms in total. The van der Waals surface area contributed by atoms with Crippen molar-refractivity contribution < 1.29 is 62.2 Å². The van der Waals surface area contributed by atoms with Gasteiger partial charge in [-0.2, -0.15) is 57.1 Å². The molecule has 0 aliphatic carbocycles. The molecule has 0 aromatic heterocycles. The number of hydrogen-bond donors (Lipinski definition) is 1. The number of halogens is 13. The molecule has 1 N–H and O–H groups in total. The third-order valence-electron chi connectivity index (χ3n) is 4.95. The molecular formula is C18H17F13O. The van der Waals surface area contributed by atoms with Crippen LogP contribution < -0.4 is 0 Å². The minimum atomic E-state index is -7.96. The van der Waals surface area contributed by atoms with E-state index in [1.807, 2.05) is 0 Å². The minimum absolute atomic E-state index is 0.0189. The molecular weight excluding hydrogens is 479 g/mol. The second-order valence-corrected chi connectivity index (χ2v) is 7.47. The van der Waals surface area contributed by atoms with Crippen molar-refractivity contribution in [3.63, 3.8) is 0 Å². The summed E-state index contributed by atoms with van der Waals surface area (Å²) in [5.74, 6) is -40.8. The Morgan fingerprint density at radius 2 is 0.906 bits per heavy atom. The molecule has 186 valence electrons. The van der Waals surface area contributed by atoms with Crippen molar-refractivity contribution >= 4 is 0 Å². The van der Waals surface area contributed by atoms with E-state index in [0.717, 1.165) is 12.1 Å². The smallest absolute Gasteiger partial charge is 0.388 e. The van der Waals surface area contributed by atoms with E-state index in [4.69, 9.17) is 0 Å². The van der Waals surface area contributed by atoms with Crippen LogP contribution >= 0.6 is 0 Å². The molecule has 0 spiro atoms. The highest BCUT2D eigenvalue weighted by atomic mass is 19.4. The summed E-state index contributed by atoms with van der Waals surface area (Å²) in [4.78, 5) is 0. The summed E-state index contributed by atoms with van der Waals surface area (Å²) in [7, 11) is 0. The van der Waals surface area contributed by atoms with Crippen LogP contribution in [0.1, 0.15) is 43.9 Å². The lowest BCUT2D eigenvalue weighted by Crippen LogP contribution is -2.71. The second-order valence-electron chi connectivity index (χ2n) is 7.47. The predicted octanol–water partition coefficient (Wildman–Crippen LogP) is 7.22. The van der Waals surface area contributed by atoms with Gasteiger partial charge in [0.25, 0.3) is 0 Å². The van der Waals surface area contributed by atoms with Gasteiger partial charge >= 0.3 is 35.8 Å². The summed E-state index contributed by atoms with van der Waals surface area (Å²) in [5, 5.41) is 9.90. The average molecular weight is 496 g/mol. The number of aliphatic hydroxyl groups is 1. The Kier molecular flexibility index (Phi) is 7.29. The molecule has 0 radical (unpaired) electrons. The van der Waals surface area contributed by atoms with Crippen LogP contribution in [0, 0.1) is 5.92 Å². The summed E-state index contributed by atoms with van der Waals surface area (Å²) in [6.45, 7) is 3.41. The van der Waals surface area contributed by atoms with Crippen LogP contribution in [0.5, 0.6) is 0 Å². The molecule has 32 heavy (non-hydrogen) atoms. The van der Waals surface area contributed by atoms with Crippen LogP contribution in [-0.4, -0.2) is 40.9 Å². The van der Waals surface area contributed by atoms with Crippen molar-refractivity contribution in [2.45, 2.75) is 68.6 Å². The third kappa shape index (κ3) is 4.14. The van der Waals surface area contributed by atoms with E-state index < -0.39 is 53.4 Å². The van der Waals surface area contributed by atoms with Gasteiger partial charge in [0.05, 0.1) is 12.0 Å². The first-order chi connectivity index (χ1) is 14.0. The molecule has 0 amide bonds. The standard InChI is InChI=1S/C18H17F13O/c1-8(2)10-4-6-11(7-5-10)12(32)9(3)13(19,20)14(21,22)15(23,24)16(25,26)17(27,28)18(29,30)31/h4-9,12,32H,1-3H3. The van der Waals surface area contributed by atoms with Gasteiger partial charge in [-0.15, -0.1) is 0 Å². The van der Waals surface area contributed by atoms with Crippen LogP contribution in [0.15, 0.2) is 24.3 Å². The zero-order valence-electron chi connectivity index (χ0n) is 16.4. The van der Waals surface area contributed by atoms with Crippen molar-refractivity contribution in [2.24, 2.45) is 5.92 Å². The highest BCUT2D eigenvalue weighted by Crippen LogP contribution is 2.61. The van der Waals surface area contributed by atoms with Crippen LogP contribution in [-0.2, 0) is 0 Å². The summed E-state index contributed by atoms with van der Waals surface area (Å²) in [6.07, 6.45) is -10.2. The molecule has 0 aliphatic rings. The molecule has 1 rings (SSSR count). The topological polar surface area (TPSA) is 20.2 Å². The van der Waals surface area contributed by atoms with Gasteiger partial charge in [-0.05, 0) is 17.0 Å². The van der Waals surface area contributed by atoms with Gasteiger partial charge in [0.15, 0.2) is 0 Å². The predicted molar refractivity (Wildman–Crippen MR) is 85.4 cm³/mol. The Bertz CT molecular complexity index is 781. The zero-order valence-corrected chi connectivity index (χ0v) is 16.4. The maximum atomic E-state index is 14.2. The molecule has 0 saturated heterocycles. The Morgan fingerprint density at radius 3 is 1.25 bits per heavy atom. The molecule has 2 atom stereocenters. The molecule has 1 aromatic rings. The van der Waals surface area contributed by atoms with Crippen molar-refractivity contribution in [2.75, 3.05) is 0 Å². The van der Waals surface area contributed by atoms with Crippen LogP contribution in [0.4, 0.5) is 57.1 Å². The molecule has 0 heterocycles. The summed E-state index contributed by atoms with van der Waals surface area (Å²) >= 11 is 0. The van der Waals surface area contributed by atoms with Crippen molar-refractivity contribution in [3.8, 4) is 0 Å². The second kappa shape index (κ2) is 8.24. The van der Waals surface area contributed by atoms with E-state index >= 15 is 0 Å². The monoisotopic (exact) mass is 496 g/mol. The van der Waals surface area contributed by atoms with Crippen molar-refractivity contribution in [1.82, 2.24) is 0 Å². The lowest BCUT2D eigenvalue weighted by molar-refractivity contribution is -0.444. The zero-order chi connectivity index (χ0) is 25.7. The summed E-state index contributed by atoms with van der Waals surface area (Å²) in [5.41, 5.74) is 0.0272. The Hall–Kier alpha value is -1.73. The van der Waals surface area contributed by atoms with Crippen molar-refractivity contribution in [3.05, 3.63) is 35.4 Å². The van der Waals surface area contributed by atoms with Gasteiger partial charge in [0, 0.05) is 0 Å². The van der Waals surface area contributed by atoms with E-state index in [0.29, 0.717) is 5.56 Å². The Labute approximate surface area is 173 Å². The SMILES string of the molecule is CC(C)c1ccc(C(O)C(C)C(F)(F)C(F)(F)C(F)(F)C(F)(F)C(F)(F)C(F)(F)F)cc1.